The van der Waals surface area contributed by atoms with Gasteiger partial charge in [0, 0.05) is 45.2 Å². The maximum Gasteiger partial charge on any atom is 0.573 e. The lowest BCUT2D eigenvalue weighted by molar-refractivity contribution is -0.909. The number of nitriles is 2. The number of ether oxygens (including phenoxy) is 3. The zero-order valence-electron chi connectivity index (χ0n) is 41.6. The summed E-state index contributed by atoms with van der Waals surface area (Å²) in [6, 6.07) is 41.8. The molecule has 4 amide bonds. The molecule has 3 N–H and O–H groups in total. The van der Waals surface area contributed by atoms with Crippen LogP contribution in [0.5, 0.6) is 17.2 Å². The Kier molecular flexibility index (Phi) is 16.7. The zero-order valence-corrected chi connectivity index (χ0v) is 41.6. The number of para-hydroxylation sites is 3. The number of benzene rings is 5. The summed E-state index contributed by atoms with van der Waals surface area (Å²) in [5.74, 6) is -3.20. The van der Waals surface area contributed by atoms with Crippen LogP contribution in [-0.2, 0) is 19.6 Å². The van der Waals surface area contributed by atoms with Crippen molar-refractivity contribution in [2.24, 2.45) is 5.73 Å². The van der Waals surface area contributed by atoms with Crippen LogP contribution in [0.1, 0.15) is 69.9 Å². The number of nitrogens with two attached hydrogens (primary N) is 1. The number of hydrogen-bond donors (Lipinski definition) is 2. The molecule has 414 valence electrons. The number of amides is 4. The highest BCUT2D eigenvalue weighted by Gasteiger charge is 2.39. The summed E-state index contributed by atoms with van der Waals surface area (Å²) in [7, 11) is 0. The zero-order chi connectivity index (χ0) is 59.1. The number of halogens is 9. The van der Waals surface area contributed by atoms with Gasteiger partial charge in [-0.25, -0.2) is 9.97 Å². The van der Waals surface area contributed by atoms with Gasteiger partial charge < -0.3 is 19.9 Å². The minimum absolute atomic E-state index is 0.00354. The molecule has 0 bridgehead atoms. The van der Waals surface area contributed by atoms with Crippen LogP contribution in [0.3, 0.4) is 0 Å². The molecule has 0 spiro atoms. The molecule has 0 atom stereocenters. The summed E-state index contributed by atoms with van der Waals surface area (Å²) in [5, 5.41) is 28.9. The van der Waals surface area contributed by atoms with Gasteiger partial charge in [0.2, 0.25) is 6.20 Å². The van der Waals surface area contributed by atoms with Gasteiger partial charge >= 0.3 is 19.1 Å². The molecule has 0 saturated heterocycles. The first-order chi connectivity index (χ1) is 39.0. The van der Waals surface area contributed by atoms with Crippen molar-refractivity contribution in [1.82, 2.24) is 19.8 Å². The van der Waals surface area contributed by atoms with Crippen molar-refractivity contribution < 1.29 is 82.8 Å². The standard InChI is InChI=1S/C22H12F3N3O3.C21H14F3N2O4.C14H10F3N3O/c23-22(24,25)31-19-8-4-3-5-15(19)14-10-9-13(27-18(14)11-26)12-28-20(29)16-6-1-2-7-17(16)21(28)30;22-21(23,24)30-18-8-4-3-5-15(18)13-9-10-14(26(29)11-13)12-25-19(27)16-6-1-2-7-17(16)20(25)28;15-14(16,17)21-13-4-2-1-3-11(13)10-6-5-9(7-18)20-12(10)8-19/h1-10H,12H2;1-11,29H,12H2;1-6H,7,18H2/q;+1;. The van der Waals surface area contributed by atoms with E-state index in [1.54, 1.807) is 60.7 Å². The minimum Gasteiger partial charge on any atom is -0.405 e. The number of alkyl halides is 9. The summed E-state index contributed by atoms with van der Waals surface area (Å²) in [4.78, 5) is 60.2. The number of fused-ring (bicyclic) bond motifs is 2. The van der Waals surface area contributed by atoms with Gasteiger partial charge in [0.15, 0.2) is 0 Å². The summed E-state index contributed by atoms with van der Waals surface area (Å²) in [6.45, 7) is -0.249. The van der Waals surface area contributed by atoms with Crippen LogP contribution < -0.4 is 24.7 Å². The van der Waals surface area contributed by atoms with Gasteiger partial charge in [0.25, 0.3) is 29.3 Å². The predicted octanol–water partition coefficient (Wildman–Crippen LogP) is 10.9. The van der Waals surface area contributed by atoms with Gasteiger partial charge in [-0.3, -0.25) is 34.2 Å². The van der Waals surface area contributed by atoms with Crippen LogP contribution in [0, 0.1) is 22.7 Å². The molecule has 2 aliphatic rings. The maximum atomic E-state index is 12.7. The Labute approximate surface area is 457 Å². The van der Waals surface area contributed by atoms with Crippen molar-refractivity contribution in [2.45, 2.75) is 38.7 Å². The van der Waals surface area contributed by atoms with Gasteiger partial charge in [-0.1, -0.05) is 78.9 Å². The molecule has 0 saturated carbocycles. The average molecular weight is 1130 g/mol. The first-order valence-corrected chi connectivity index (χ1v) is 23.7. The van der Waals surface area contributed by atoms with E-state index in [0.29, 0.717) is 10.4 Å². The Morgan fingerprint density at radius 3 is 1.17 bits per heavy atom. The SMILES string of the molecule is N#Cc1nc(CN)ccc1-c1ccccc1OC(F)(F)F.N#Cc1nc(CN2C(=O)c3ccccc3C2=O)ccc1-c1ccccc1OC(F)(F)F.O=C1c2ccccc2C(=O)N1Cc1ccc(-c2ccccc2OC(F)(F)F)c[n+]1O. The number of aromatic nitrogens is 3. The highest BCUT2D eigenvalue weighted by molar-refractivity contribution is 6.22. The van der Waals surface area contributed by atoms with Crippen LogP contribution in [0.4, 0.5) is 39.5 Å². The quantitative estimate of drug-likeness (QED) is 0.0532. The van der Waals surface area contributed by atoms with E-state index in [9.17, 15) is 69.2 Å². The molecule has 5 aromatic carbocycles. The summed E-state index contributed by atoms with van der Waals surface area (Å²) in [6.07, 6.45) is -13.4. The maximum absolute atomic E-state index is 12.7. The number of nitrogens with zero attached hydrogens (tertiary/aromatic N) is 7. The Balaban J connectivity index is 0.000000164. The fourth-order valence-corrected chi connectivity index (χ4v) is 8.42. The summed E-state index contributed by atoms with van der Waals surface area (Å²) < 4.78 is 126. The van der Waals surface area contributed by atoms with Gasteiger partial charge in [0.1, 0.15) is 47.3 Å². The molecule has 5 heterocycles. The second-order valence-corrected chi connectivity index (χ2v) is 17.2. The molecule has 0 fully saturated rings. The second kappa shape index (κ2) is 23.7. The highest BCUT2D eigenvalue weighted by Crippen LogP contribution is 2.38. The number of hydrogen-bond acceptors (Lipinski definition) is 13. The molecule has 2 aliphatic heterocycles. The Bertz CT molecular complexity index is 3810. The smallest absolute Gasteiger partial charge is 0.405 e. The monoisotopic (exact) mass is 1130 g/mol. The number of rotatable bonds is 11. The Morgan fingerprint density at radius 1 is 0.451 bits per heavy atom. The van der Waals surface area contributed by atoms with E-state index in [0.717, 1.165) is 21.9 Å². The number of carbonyl (C=O) groups excluding carboxylic acids is 4. The third-order valence-corrected chi connectivity index (χ3v) is 12.0. The number of carbonyl (C=O) groups is 4. The average Bonchev–Trinajstić information content (AvgIpc) is 3.99. The van der Waals surface area contributed by atoms with Gasteiger partial charge in [0.05, 0.1) is 45.7 Å². The molecular formula is C57H36F9N8O8+. The number of imide groups is 2. The van der Waals surface area contributed by atoms with Crippen molar-refractivity contribution in [2.75, 3.05) is 0 Å². The van der Waals surface area contributed by atoms with Crippen LogP contribution >= 0.6 is 0 Å². The highest BCUT2D eigenvalue weighted by atomic mass is 19.4. The number of pyridine rings is 3. The first-order valence-electron chi connectivity index (χ1n) is 23.7. The first kappa shape index (κ1) is 57.5. The molecule has 8 aromatic rings. The van der Waals surface area contributed by atoms with Crippen molar-refractivity contribution in [3.63, 3.8) is 0 Å². The van der Waals surface area contributed by atoms with Crippen molar-refractivity contribution in [1.29, 1.82) is 10.5 Å². The fourth-order valence-electron chi connectivity index (χ4n) is 8.42. The van der Waals surface area contributed by atoms with Crippen LogP contribution in [0.2, 0.25) is 0 Å². The van der Waals surface area contributed by atoms with Crippen molar-refractivity contribution >= 4 is 23.6 Å². The van der Waals surface area contributed by atoms with E-state index in [1.165, 1.54) is 91.1 Å². The van der Waals surface area contributed by atoms with Crippen LogP contribution in [0.25, 0.3) is 33.4 Å². The van der Waals surface area contributed by atoms with Crippen molar-refractivity contribution in [3.05, 3.63) is 215 Å². The molecular weight excluding hydrogens is 1100 g/mol. The summed E-state index contributed by atoms with van der Waals surface area (Å²) in [5.41, 5.74) is 8.24. The minimum atomic E-state index is -4.90. The lowest BCUT2D eigenvalue weighted by Gasteiger charge is -2.16. The van der Waals surface area contributed by atoms with E-state index in [2.05, 4.69) is 24.2 Å². The molecule has 82 heavy (non-hydrogen) atoms. The molecule has 0 unspecified atom stereocenters. The van der Waals surface area contributed by atoms with Crippen LogP contribution in [0.15, 0.2) is 164 Å². The molecule has 3 aromatic heterocycles. The van der Waals surface area contributed by atoms with Crippen molar-refractivity contribution in [3.8, 4) is 62.8 Å². The Morgan fingerprint density at radius 2 is 0.793 bits per heavy atom. The van der Waals surface area contributed by atoms with Gasteiger partial charge in [-0.2, -0.15) is 10.5 Å². The predicted molar refractivity (Wildman–Crippen MR) is 267 cm³/mol. The normalized spacial score (nSPS) is 12.7. The molecule has 25 heteroatoms. The molecule has 16 nitrogen and oxygen atoms in total. The fraction of sp³-hybridized carbons (Fsp3) is 0.105. The van der Waals surface area contributed by atoms with E-state index in [-0.39, 0.29) is 104 Å². The second-order valence-electron chi connectivity index (χ2n) is 17.2. The van der Waals surface area contributed by atoms with Crippen LogP contribution in [-0.4, -0.2) is 67.7 Å². The summed E-state index contributed by atoms with van der Waals surface area (Å²) >= 11 is 0. The molecule has 10 rings (SSSR count). The van der Waals surface area contributed by atoms with E-state index < -0.39 is 54.2 Å². The third kappa shape index (κ3) is 13.2. The third-order valence-electron chi connectivity index (χ3n) is 12.0. The van der Waals surface area contributed by atoms with E-state index >= 15 is 0 Å². The molecule has 0 aliphatic carbocycles. The van der Waals surface area contributed by atoms with E-state index in [4.69, 9.17) is 11.0 Å². The lowest BCUT2D eigenvalue weighted by atomic mass is 10.0. The largest absolute Gasteiger partial charge is 0.573 e. The van der Waals surface area contributed by atoms with Gasteiger partial charge in [-0.05, 0) is 72.8 Å². The topological polar surface area (TPSA) is 226 Å². The Hall–Kier alpha value is -10.7. The van der Waals surface area contributed by atoms with E-state index in [1.807, 2.05) is 12.1 Å². The lowest BCUT2D eigenvalue weighted by Crippen LogP contribution is -2.40. The van der Waals surface area contributed by atoms with Gasteiger partial charge in [-0.15, -0.1) is 39.5 Å². The molecule has 0 radical (unpaired) electrons.